The summed E-state index contributed by atoms with van der Waals surface area (Å²) in [6.45, 7) is 0. The van der Waals surface area contributed by atoms with Crippen LogP contribution in [0.1, 0.15) is 10.4 Å². The first-order valence-electron chi connectivity index (χ1n) is 6.68. The minimum Gasteiger partial charge on any atom is -0.505 e. The van der Waals surface area contributed by atoms with Crippen LogP contribution in [-0.4, -0.2) is 23.0 Å². The van der Waals surface area contributed by atoms with Crippen LogP contribution in [0.3, 0.4) is 0 Å². The van der Waals surface area contributed by atoms with Gasteiger partial charge in [0.05, 0.1) is 11.2 Å². The van der Waals surface area contributed by atoms with Gasteiger partial charge in [-0.15, -0.1) is 0 Å². The molecule has 4 nitrogen and oxygen atoms in total. The molecule has 0 bridgehead atoms. The number of amides is 1. The Morgan fingerprint density at radius 1 is 1.18 bits per heavy atom. The molecule has 3 rings (SSSR count). The summed E-state index contributed by atoms with van der Waals surface area (Å²) in [7, 11) is 1.47. The van der Waals surface area contributed by atoms with Crippen LogP contribution in [-0.2, 0) is 0 Å². The molecule has 0 aliphatic rings. The number of nitrogens with zero attached hydrogens (tertiary/aromatic N) is 2. The number of aromatic hydroxyl groups is 1. The van der Waals surface area contributed by atoms with Gasteiger partial charge in [-0.2, -0.15) is 0 Å². The quantitative estimate of drug-likeness (QED) is 0.789. The number of benzene rings is 2. The van der Waals surface area contributed by atoms with Crippen LogP contribution in [0, 0.1) is 5.82 Å². The summed E-state index contributed by atoms with van der Waals surface area (Å²) in [6.07, 6.45) is 1.68. The summed E-state index contributed by atoms with van der Waals surface area (Å²) in [6, 6.07) is 12.9. The fourth-order valence-corrected chi connectivity index (χ4v) is 2.28. The molecule has 0 saturated heterocycles. The Morgan fingerprint density at radius 3 is 2.82 bits per heavy atom. The Morgan fingerprint density at radius 2 is 2.00 bits per heavy atom. The Hall–Kier alpha value is -2.95. The number of halogens is 1. The van der Waals surface area contributed by atoms with E-state index in [0.717, 1.165) is 10.9 Å². The molecule has 1 aromatic heterocycles. The Bertz CT molecular complexity index is 864. The SMILES string of the molecule is CN(C(=O)c1ccc2ncccc2c1)c1cccc(O)c1F. The summed E-state index contributed by atoms with van der Waals surface area (Å²) in [5, 5.41) is 10.3. The minimum atomic E-state index is -0.819. The van der Waals surface area contributed by atoms with Crippen LogP contribution in [0.15, 0.2) is 54.7 Å². The third-order valence-electron chi connectivity index (χ3n) is 3.47. The normalized spacial score (nSPS) is 10.6. The van der Waals surface area contributed by atoms with E-state index in [1.807, 2.05) is 6.07 Å². The highest BCUT2D eigenvalue weighted by molar-refractivity contribution is 6.07. The maximum atomic E-state index is 13.9. The lowest BCUT2D eigenvalue weighted by Gasteiger charge is -2.18. The third-order valence-corrected chi connectivity index (χ3v) is 3.47. The van der Waals surface area contributed by atoms with Gasteiger partial charge in [-0.3, -0.25) is 9.78 Å². The van der Waals surface area contributed by atoms with Gasteiger partial charge in [0, 0.05) is 24.2 Å². The zero-order valence-corrected chi connectivity index (χ0v) is 11.8. The van der Waals surface area contributed by atoms with Gasteiger partial charge in [0.2, 0.25) is 0 Å². The maximum Gasteiger partial charge on any atom is 0.258 e. The topological polar surface area (TPSA) is 53.4 Å². The summed E-state index contributed by atoms with van der Waals surface area (Å²) < 4.78 is 13.9. The van der Waals surface area contributed by atoms with E-state index in [4.69, 9.17) is 0 Å². The molecule has 2 aromatic carbocycles. The van der Waals surface area contributed by atoms with Crippen molar-refractivity contribution >= 4 is 22.5 Å². The van der Waals surface area contributed by atoms with Crippen LogP contribution in [0.5, 0.6) is 5.75 Å². The zero-order valence-electron chi connectivity index (χ0n) is 11.8. The lowest BCUT2D eigenvalue weighted by Crippen LogP contribution is -2.27. The van der Waals surface area contributed by atoms with E-state index in [1.54, 1.807) is 30.5 Å². The number of anilines is 1. The predicted molar refractivity (Wildman–Crippen MR) is 82.5 cm³/mol. The molecule has 110 valence electrons. The van der Waals surface area contributed by atoms with Crippen LogP contribution in [0.25, 0.3) is 10.9 Å². The highest BCUT2D eigenvalue weighted by Crippen LogP contribution is 2.27. The average molecular weight is 296 g/mol. The van der Waals surface area contributed by atoms with Gasteiger partial charge in [0.15, 0.2) is 11.6 Å². The van der Waals surface area contributed by atoms with E-state index >= 15 is 0 Å². The number of aromatic nitrogens is 1. The Kier molecular flexibility index (Phi) is 3.47. The van der Waals surface area contributed by atoms with E-state index in [1.165, 1.54) is 30.1 Å². The Labute approximate surface area is 126 Å². The molecule has 0 atom stereocenters. The van der Waals surface area contributed by atoms with Gasteiger partial charge >= 0.3 is 0 Å². The van der Waals surface area contributed by atoms with E-state index in [9.17, 15) is 14.3 Å². The number of phenolic OH excluding ortho intramolecular Hbond substituents is 1. The lowest BCUT2D eigenvalue weighted by atomic mass is 10.1. The first kappa shape index (κ1) is 14.0. The van der Waals surface area contributed by atoms with Gasteiger partial charge < -0.3 is 10.0 Å². The number of carbonyl (C=O) groups excluding carboxylic acids is 1. The van der Waals surface area contributed by atoms with Crippen molar-refractivity contribution in [1.82, 2.24) is 4.98 Å². The number of rotatable bonds is 2. The molecule has 1 heterocycles. The third kappa shape index (κ3) is 2.37. The molecule has 0 saturated carbocycles. The van der Waals surface area contributed by atoms with E-state index < -0.39 is 11.6 Å². The van der Waals surface area contributed by atoms with Crippen molar-refractivity contribution < 1.29 is 14.3 Å². The summed E-state index contributed by atoms with van der Waals surface area (Å²) in [5.41, 5.74) is 1.23. The smallest absolute Gasteiger partial charge is 0.258 e. The molecule has 0 unspecified atom stereocenters. The van der Waals surface area contributed by atoms with E-state index in [0.29, 0.717) is 5.56 Å². The molecule has 1 N–H and O–H groups in total. The number of carbonyl (C=O) groups is 1. The van der Waals surface area contributed by atoms with E-state index in [-0.39, 0.29) is 11.6 Å². The predicted octanol–water partition coefficient (Wildman–Crippen LogP) is 3.36. The van der Waals surface area contributed by atoms with Gasteiger partial charge in [0.1, 0.15) is 0 Å². The van der Waals surface area contributed by atoms with Crippen LogP contribution >= 0.6 is 0 Å². The molecule has 1 amide bonds. The second-order valence-corrected chi connectivity index (χ2v) is 4.89. The molecule has 0 aliphatic heterocycles. The molecule has 22 heavy (non-hydrogen) atoms. The molecule has 0 spiro atoms. The molecular formula is C17H13FN2O2. The molecule has 3 aromatic rings. The standard InChI is InChI=1S/C17H13FN2O2/c1-20(14-5-2-6-15(21)16(14)18)17(22)12-7-8-13-11(10-12)4-3-9-19-13/h2-10,21H,1H3. The highest BCUT2D eigenvalue weighted by Gasteiger charge is 2.18. The maximum absolute atomic E-state index is 13.9. The zero-order chi connectivity index (χ0) is 15.7. The fourth-order valence-electron chi connectivity index (χ4n) is 2.28. The first-order chi connectivity index (χ1) is 10.6. The highest BCUT2D eigenvalue weighted by atomic mass is 19.1. The molecule has 0 radical (unpaired) electrons. The number of hydrogen-bond acceptors (Lipinski definition) is 3. The molecule has 5 heteroatoms. The number of fused-ring (bicyclic) bond motifs is 1. The Balaban J connectivity index is 1.99. The summed E-state index contributed by atoms with van der Waals surface area (Å²) in [4.78, 5) is 17.9. The molecule has 0 fully saturated rings. The summed E-state index contributed by atoms with van der Waals surface area (Å²) >= 11 is 0. The largest absolute Gasteiger partial charge is 0.505 e. The number of phenols is 1. The average Bonchev–Trinajstić information content (AvgIpc) is 2.55. The number of hydrogen-bond donors (Lipinski definition) is 1. The molecule has 0 aliphatic carbocycles. The van der Waals surface area contributed by atoms with Crippen molar-refractivity contribution in [3.63, 3.8) is 0 Å². The monoisotopic (exact) mass is 296 g/mol. The fraction of sp³-hybridized carbons (Fsp3) is 0.0588. The van der Waals surface area contributed by atoms with Crippen molar-refractivity contribution in [3.8, 4) is 5.75 Å². The van der Waals surface area contributed by atoms with Crippen molar-refractivity contribution in [2.75, 3.05) is 11.9 Å². The first-order valence-corrected chi connectivity index (χ1v) is 6.68. The van der Waals surface area contributed by atoms with Crippen LogP contribution < -0.4 is 4.90 Å². The van der Waals surface area contributed by atoms with Gasteiger partial charge in [0.25, 0.3) is 5.91 Å². The summed E-state index contributed by atoms with van der Waals surface area (Å²) in [5.74, 6) is -1.67. The van der Waals surface area contributed by atoms with E-state index in [2.05, 4.69) is 4.98 Å². The second kappa shape index (κ2) is 5.44. The second-order valence-electron chi connectivity index (χ2n) is 4.89. The van der Waals surface area contributed by atoms with Gasteiger partial charge in [-0.1, -0.05) is 12.1 Å². The van der Waals surface area contributed by atoms with Gasteiger partial charge in [-0.05, 0) is 36.4 Å². The van der Waals surface area contributed by atoms with Crippen LogP contribution in [0.4, 0.5) is 10.1 Å². The van der Waals surface area contributed by atoms with Crippen molar-refractivity contribution in [2.45, 2.75) is 0 Å². The number of pyridine rings is 1. The minimum absolute atomic E-state index is 0.0243. The van der Waals surface area contributed by atoms with Crippen molar-refractivity contribution in [1.29, 1.82) is 0 Å². The van der Waals surface area contributed by atoms with Crippen LogP contribution in [0.2, 0.25) is 0 Å². The van der Waals surface area contributed by atoms with Gasteiger partial charge in [-0.25, -0.2) is 4.39 Å². The van der Waals surface area contributed by atoms with Crippen molar-refractivity contribution in [2.24, 2.45) is 0 Å². The van der Waals surface area contributed by atoms with Crippen molar-refractivity contribution in [3.05, 3.63) is 66.1 Å². The molecular weight excluding hydrogens is 283 g/mol. The lowest BCUT2D eigenvalue weighted by molar-refractivity contribution is 0.0992.